The maximum Gasteiger partial charge on any atom is 0.308 e. The van der Waals surface area contributed by atoms with Gasteiger partial charge in [-0.3, -0.25) is 19.2 Å². The lowest BCUT2D eigenvalue weighted by Crippen LogP contribution is -2.41. The zero-order valence-electron chi connectivity index (χ0n) is 26.2. The second kappa shape index (κ2) is 16.1. The third-order valence-corrected chi connectivity index (χ3v) is 8.84. The van der Waals surface area contributed by atoms with E-state index in [2.05, 4.69) is 10.3 Å². The third-order valence-electron chi connectivity index (χ3n) is 7.90. The number of aromatic nitrogens is 1. The van der Waals surface area contributed by atoms with Gasteiger partial charge < -0.3 is 19.7 Å². The number of ether oxygens (including phenoxy) is 2. The molecule has 2 aromatic rings. The van der Waals surface area contributed by atoms with E-state index in [1.54, 1.807) is 24.3 Å². The second-order valence-electron chi connectivity index (χ2n) is 12.0. The maximum atomic E-state index is 13.9. The number of hydrogen-bond acceptors (Lipinski definition) is 8. The number of hydrogen-bond donors (Lipinski definition) is 1. The van der Waals surface area contributed by atoms with Crippen LogP contribution in [0.3, 0.4) is 0 Å². The Hall–Kier alpha value is -3.41. The summed E-state index contributed by atoms with van der Waals surface area (Å²) in [7, 11) is 3.03. The Bertz CT molecular complexity index is 1290. The first-order valence-electron chi connectivity index (χ1n) is 15.0. The molecule has 3 rings (SSSR count). The quantitative estimate of drug-likeness (QED) is 0.238. The number of amides is 2. The minimum Gasteiger partial charge on any atom is -0.469 e. The van der Waals surface area contributed by atoms with Crippen LogP contribution in [0.4, 0.5) is 8.78 Å². The number of methoxy groups -OCH3 is 1. The van der Waals surface area contributed by atoms with Gasteiger partial charge in [0, 0.05) is 50.3 Å². The Morgan fingerprint density at radius 1 is 1.09 bits per heavy atom. The van der Waals surface area contributed by atoms with E-state index in [1.807, 2.05) is 13.8 Å². The number of nitrogens with zero attached hydrogens (tertiary/aromatic N) is 2. The average Bonchev–Trinajstić information content (AvgIpc) is 3.64. The van der Waals surface area contributed by atoms with Crippen molar-refractivity contribution in [3.8, 4) is 0 Å². The third kappa shape index (κ3) is 10.6. The van der Waals surface area contributed by atoms with Gasteiger partial charge in [-0.2, -0.15) is 0 Å². The summed E-state index contributed by atoms with van der Waals surface area (Å²) in [4.78, 5) is 56.6. The molecule has 44 heavy (non-hydrogen) atoms. The molecule has 0 aliphatic heterocycles. The summed E-state index contributed by atoms with van der Waals surface area (Å²) in [6, 6.07) is 2.20. The molecule has 0 spiro atoms. The Kier molecular flexibility index (Phi) is 12.8. The molecular formula is C32H43F2N3O6S. The minimum atomic E-state index is -0.782. The van der Waals surface area contributed by atoms with Gasteiger partial charge in [0.1, 0.15) is 22.3 Å². The molecule has 1 heterocycles. The molecule has 242 valence electrons. The lowest BCUT2D eigenvalue weighted by Gasteiger charge is -2.33. The van der Waals surface area contributed by atoms with E-state index in [4.69, 9.17) is 9.47 Å². The maximum absolute atomic E-state index is 13.9. The van der Waals surface area contributed by atoms with Gasteiger partial charge in [-0.15, -0.1) is 11.3 Å². The largest absolute Gasteiger partial charge is 0.469 e. The lowest BCUT2D eigenvalue weighted by atomic mass is 9.95. The molecule has 9 nitrogen and oxygen atoms in total. The summed E-state index contributed by atoms with van der Waals surface area (Å²) in [5, 5.41) is 4.78. The molecule has 0 radical (unpaired) electrons. The molecule has 1 saturated carbocycles. The van der Waals surface area contributed by atoms with Crippen LogP contribution in [0.25, 0.3) is 0 Å². The Balaban J connectivity index is 1.77. The minimum absolute atomic E-state index is 0.0433. The van der Waals surface area contributed by atoms with Crippen molar-refractivity contribution in [1.82, 2.24) is 15.2 Å². The molecule has 3 unspecified atom stereocenters. The number of halogens is 2. The van der Waals surface area contributed by atoms with E-state index >= 15 is 0 Å². The molecule has 4 atom stereocenters. The van der Waals surface area contributed by atoms with E-state index in [9.17, 15) is 28.0 Å². The molecular weight excluding hydrogens is 592 g/mol. The first-order valence-corrected chi connectivity index (χ1v) is 15.9. The highest BCUT2D eigenvalue weighted by Gasteiger charge is 2.32. The summed E-state index contributed by atoms with van der Waals surface area (Å²) in [6.07, 6.45) is 3.44. The van der Waals surface area contributed by atoms with E-state index in [0.29, 0.717) is 29.3 Å². The van der Waals surface area contributed by atoms with Crippen molar-refractivity contribution in [3.63, 3.8) is 0 Å². The zero-order chi connectivity index (χ0) is 32.6. The average molecular weight is 636 g/mol. The van der Waals surface area contributed by atoms with Gasteiger partial charge in [-0.25, -0.2) is 13.8 Å². The predicted molar refractivity (Wildman–Crippen MR) is 162 cm³/mol. The molecule has 12 heteroatoms. The van der Waals surface area contributed by atoms with Crippen LogP contribution in [-0.2, 0) is 30.3 Å². The summed E-state index contributed by atoms with van der Waals surface area (Å²) in [6.45, 7) is 6.94. The van der Waals surface area contributed by atoms with Crippen LogP contribution in [0.2, 0.25) is 0 Å². The monoisotopic (exact) mass is 635 g/mol. The second-order valence-corrected chi connectivity index (χ2v) is 12.9. The van der Waals surface area contributed by atoms with Gasteiger partial charge in [0.2, 0.25) is 5.91 Å². The highest BCUT2D eigenvalue weighted by molar-refractivity contribution is 7.09. The van der Waals surface area contributed by atoms with Crippen molar-refractivity contribution < 1.29 is 37.4 Å². The summed E-state index contributed by atoms with van der Waals surface area (Å²) < 4.78 is 38.2. The molecule has 1 fully saturated rings. The van der Waals surface area contributed by atoms with Crippen molar-refractivity contribution in [2.75, 3.05) is 14.2 Å². The number of thiazole rings is 1. The number of carbonyl (C=O) groups is 4. The van der Waals surface area contributed by atoms with E-state index in [1.165, 1.54) is 39.0 Å². The highest BCUT2D eigenvalue weighted by atomic mass is 32.1. The first kappa shape index (κ1) is 35.1. The Morgan fingerprint density at radius 3 is 2.32 bits per heavy atom. The normalized spacial score (nSPS) is 15.7. The van der Waals surface area contributed by atoms with Gasteiger partial charge in [0.25, 0.3) is 5.91 Å². The summed E-state index contributed by atoms with van der Waals surface area (Å²) >= 11 is 1.16. The number of benzene rings is 1. The van der Waals surface area contributed by atoms with Crippen LogP contribution in [0, 0.1) is 29.4 Å². The number of esters is 2. The van der Waals surface area contributed by atoms with E-state index < -0.39 is 47.5 Å². The van der Waals surface area contributed by atoms with Crippen molar-refractivity contribution in [3.05, 3.63) is 51.5 Å². The fourth-order valence-electron chi connectivity index (χ4n) is 5.32. The smallest absolute Gasteiger partial charge is 0.308 e. The van der Waals surface area contributed by atoms with Gasteiger partial charge >= 0.3 is 11.9 Å². The molecule has 1 aliphatic rings. The van der Waals surface area contributed by atoms with Crippen LogP contribution in [-0.4, -0.2) is 59.9 Å². The first-order chi connectivity index (χ1) is 20.8. The highest BCUT2D eigenvalue weighted by Crippen LogP contribution is 2.34. The van der Waals surface area contributed by atoms with Gasteiger partial charge in [0.15, 0.2) is 6.10 Å². The molecule has 1 aromatic carbocycles. The molecule has 2 amide bonds. The van der Waals surface area contributed by atoms with Crippen molar-refractivity contribution in [2.45, 2.75) is 90.8 Å². The van der Waals surface area contributed by atoms with Crippen molar-refractivity contribution in [2.24, 2.45) is 17.8 Å². The van der Waals surface area contributed by atoms with E-state index in [0.717, 1.165) is 23.8 Å². The van der Waals surface area contributed by atoms with Gasteiger partial charge in [0.05, 0.1) is 13.0 Å². The van der Waals surface area contributed by atoms with Crippen LogP contribution in [0.15, 0.2) is 23.6 Å². The van der Waals surface area contributed by atoms with Gasteiger partial charge in [-0.1, -0.05) is 33.6 Å². The molecule has 1 N–H and O–H groups in total. The Labute approximate surface area is 261 Å². The van der Waals surface area contributed by atoms with Crippen LogP contribution in [0.5, 0.6) is 0 Å². The zero-order valence-corrected chi connectivity index (χ0v) is 27.0. The van der Waals surface area contributed by atoms with Crippen molar-refractivity contribution in [1.29, 1.82) is 0 Å². The van der Waals surface area contributed by atoms with Gasteiger partial charge in [-0.05, 0) is 48.8 Å². The molecule has 1 aromatic heterocycles. The fraction of sp³-hybridized carbons (Fsp3) is 0.594. The van der Waals surface area contributed by atoms with Crippen LogP contribution < -0.4 is 5.32 Å². The number of rotatable bonds is 16. The van der Waals surface area contributed by atoms with Crippen LogP contribution >= 0.6 is 11.3 Å². The number of carbonyl (C=O) groups excluding carboxylic acids is 4. The van der Waals surface area contributed by atoms with E-state index in [-0.39, 0.29) is 36.4 Å². The SMILES string of the molecule is COC(=O)C(C)C[C@H](Cc1cc(F)cc(F)c1)NC(=O)c1csc(C(CC(C(C)C)N(C)C(=O)CCC2CC2)OC(C)=O)n1. The summed E-state index contributed by atoms with van der Waals surface area (Å²) in [5.41, 5.74) is 0.382. The predicted octanol–water partition coefficient (Wildman–Crippen LogP) is 5.63. The fourth-order valence-corrected chi connectivity index (χ4v) is 6.16. The molecule has 1 aliphatic carbocycles. The van der Waals surface area contributed by atoms with Crippen molar-refractivity contribution >= 4 is 35.1 Å². The Morgan fingerprint density at radius 2 is 1.75 bits per heavy atom. The molecule has 0 saturated heterocycles. The number of nitrogens with one attached hydrogen (secondary N) is 1. The summed E-state index contributed by atoms with van der Waals surface area (Å²) in [5.74, 6) is -2.90. The standard InChI is InChI=1S/C32H43F2N3O6S/c1-18(2)27(37(5)29(39)10-9-21-7-8-21)16-28(43-20(4)38)31-36-26(17-44-31)30(40)35-25(11-19(3)32(41)42-6)14-22-12-23(33)15-24(34)13-22/h12-13,15,17-19,21,25,27-28H,7-11,14,16H2,1-6H3,(H,35,40)/t19?,25-,27?,28?/m1/s1. The molecule has 0 bridgehead atoms. The van der Waals surface area contributed by atoms with Crippen LogP contribution in [0.1, 0.15) is 93.4 Å². The lowest BCUT2D eigenvalue weighted by molar-refractivity contribution is -0.148. The topological polar surface area (TPSA) is 115 Å².